The standard InChI is InChI=1S/C22H27N3O2/c1-17-6-8-18(9-7-17)21-16-25(19-10-12-20(26-4)13-11-19)23-22(21)27-15-5-14-24(2)3/h6-13,16H,5,14-15H2,1-4H3. The third kappa shape index (κ3) is 4.89. The van der Waals surface area contributed by atoms with Crippen molar-refractivity contribution >= 4 is 0 Å². The lowest BCUT2D eigenvalue weighted by molar-refractivity contribution is 0.273. The zero-order valence-corrected chi connectivity index (χ0v) is 16.5. The van der Waals surface area contributed by atoms with Crippen LogP contribution >= 0.6 is 0 Å². The summed E-state index contributed by atoms with van der Waals surface area (Å²) in [5.74, 6) is 1.48. The van der Waals surface area contributed by atoms with Crippen molar-refractivity contribution in [1.29, 1.82) is 0 Å². The fourth-order valence-corrected chi connectivity index (χ4v) is 2.81. The van der Waals surface area contributed by atoms with Crippen LogP contribution in [0.5, 0.6) is 11.6 Å². The first kappa shape index (κ1) is 19.0. The number of nitrogens with zero attached hydrogens (tertiary/aromatic N) is 3. The Hall–Kier alpha value is -2.79. The van der Waals surface area contributed by atoms with Crippen molar-refractivity contribution in [2.45, 2.75) is 13.3 Å². The van der Waals surface area contributed by atoms with Gasteiger partial charge < -0.3 is 14.4 Å². The minimum atomic E-state index is 0.636. The van der Waals surface area contributed by atoms with Gasteiger partial charge in [-0.25, -0.2) is 4.68 Å². The summed E-state index contributed by atoms with van der Waals surface area (Å²) in [6.45, 7) is 3.71. The van der Waals surface area contributed by atoms with Gasteiger partial charge in [0.15, 0.2) is 0 Å². The molecule has 0 atom stereocenters. The second-order valence-electron chi connectivity index (χ2n) is 6.86. The number of benzene rings is 2. The maximum Gasteiger partial charge on any atom is 0.241 e. The van der Waals surface area contributed by atoms with Gasteiger partial charge in [-0.05, 0) is 57.3 Å². The Balaban J connectivity index is 1.88. The normalized spacial score (nSPS) is 11.0. The third-order valence-corrected chi connectivity index (χ3v) is 4.37. The van der Waals surface area contributed by atoms with Crippen molar-refractivity contribution in [3.05, 3.63) is 60.3 Å². The highest BCUT2D eigenvalue weighted by molar-refractivity contribution is 5.68. The number of rotatable bonds is 8. The zero-order chi connectivity index (χ0) is 19.2. The molecule has 0 saturated carbocycles. The molecule has 0 bridgehead atoms. The van der Waals surface area contributed by atoms with Crippen LogP contribution < -0.4 is 9.47 Å². The minimum Gasteiger partial charge on any atom is -0.497 e. The molecule has 2 aromatic carbocycles. The van der Waals surface area contributed by atoms with E-state index in [1.165, 1.54) is 5.56 Å². The summed E-state index contributed by atoms with van der Waals surface area (Å²) in [6.07, 6.45) is 2.98. The predicted octanol–water partition coefficient (Wildman–Crippen LogP) is 4.19. The first-order valence-electron chi connectivity index (χ1n) is 9.15. The molecular weight excluding hydrogens is 338 g/mol. The first-order chi connectivity index (χ1) is 13.1. The van der Waals surface area contributed by atoms with Crippen LogP contribution in [0.2, 0.25) is 0 Å². The summed E-state index contributed by atoms with van der Waals surface area (Å²) in [7, 11) is 5.80. The van der Waals surface area contributed by atoms with Crippen molar-refractivity contribution in [2.75, 3.05) is 34.4 Å². The molecule has 0 fully saturated rings. The van der Waals surface area contributed by atoms with Crippen molar-refractivity contribution in [1.82, 2.24) is 14.7 Å². The molecule has 0 aliphatic heterocycles. The van der Waals surface area contributed by atoms with Gasteiger partial charge in [0, 0.05) is 12.7 Å². The average molecular weight is 365 g/mol. The number of aryl methyl sites for hydroxylation is 1. The van der Waals surface area contributed by atoms with Crippen molar-refractivity contribution < 1.29 is 9.47 Å². The molecule has 142 valence electrons. The van der Waals surface area contributed by atoms with E-state index in [2.05, 4.69) is 50.2 Å². The maximum absolute atomic E-state index is 6.04. The molecule has 3 rings (SSSR count). The third-order valence-electron chi connectivity index (χ3n) is 4.37. The van der Waals surface area contributed by atoms with E-state index in [4.69, 9.17) is 14.6 Å². The first-order valence-corrected chi connectivity index (χ1v) is 9.15. The molecule has 5 heteroatoms. The SMILES string of the molecule is COc1ccc(-n2cc(-c3ccc(C)cc3)c(OCCCN(C)C)n2)cc1. The quantitative estimate of drug-likeness (QED) is 0.561. The van der Waals surface area contributed by atoms with E-state index in [1.807, 2.05) is 35.1 Å². The van der Waals surface area contributed by atoms with Crippen LogP contribution in [0, 0.1) is 6.92 Å². The fraction of sp³-hybridized carbons (Fsp3) is 0.318. The van der Waals surface area contributed by atoms with Crippen LogP contribution in [0.4, 0.5) is 0 Å². The Labute approximate surface area is 161 Å². The van der Waals surface area contributed by atoms with Gasteiger partial charge in [-0.15, -0.1) is 5.10 Å². The van der Waals surface area contributed by atoms with Crippen LogP contribution in [0.3, 0.4) is 0 Å². The monoisotopic (exact) mass is 365 g/mol. The highest BCUT2D eigenvalue weighted by Gasteiger charge is 2.14. The second-order valence-corrected chi connectivity index (χ2v) is 6.86. The van der Waals surface area contributed by atoms with Crippen LogP contribution in [0.15, 0.2) is 54.7 Å². The Morgan fingerprint density at radius 2 is 1.70 bits per heavy atom. The van der Waals surface area contributed by atoms with Crippen molar-refractivity contribution in [3.8, 4) is 28.4 Å². The lowest BCUT2D eigenvalue weighted by atomic mass is 10.1. The van der Waals surface area contributed by atoms with Crippen molar-refractivity contribution in [2.24, 2.45) is 0 Å². The van der Waals surface area contributed by atoms with E-state index < -0.39 is 0 Å². The predicted molar refractivity (Wildman–Crippen MR) is 109 cm³/mol. The van der Waals surface area contributed by atoms with Crippen LogP contribution in [-0.2, 0) is 0 Å². The van der Waals surface area contributed by atoms with E-state index >= 15 is 0 Å². The molecule has 0 unspecified atom stereocenters. The Kier molecular flexibility index (Phi) is 6.14. The van der Waals surface area contributed by atoms with Crippen LogP contribution in [0.1, 0.15) is 12.0 Å². The average Bonchev–Trinajstić information content (AvgIpc) is 3.10. The molecule has 0 radical (unpaired) electrons. The largest absolute Gasteiger partial charge is 0.497 e. The summed E-state index contributed by atoms with van der Waals surface area (Å²) in [6, 6.07) is 16.3. The van der Waals surface area contributed by atoms with Gasteiger partial charge in [0.2, 0.25) is 5.88 Å². The molecule has 27 heavy (non-hydrogen) atoms. The van der Waals surface area contributed by atoms with E-state index in [0.717, 1.165) is 35.5 Å². The highest BCUT2D eigenvalue weighted by atomic mass is 16.5. The van der Waals surface area contributed by atoms with E-state index in [9.17, 15) is 0 Å². The molecule has 0 N–H and O–H groups in total. The van der Waals surface area contributed by atoms with Gasteiger partial charge >= 0.3 is 0 Å². The number of aromatic nitrogens is 2. The zero-order valence-electron chi connectivity index (χ0n) is 16.5. The smallest absolute Gasteiger partial charge is 0.241 e. The van der Waals surface area contributed by atoms with Gasteiger partial charge in [0.05, 0.1) is 25.0 Å². The molecular formula is C22H27N3O2. The Morgan fingerprint density at radius 1 is 1.00 bits per heavy atom. The molecule has 0 saturated heterocycles. The molecule has 5 nitrogen and oxygen atoms in total. The van der Waals surface area contributed by atoms with E-state index in [-0.39, 0.29) is 0 Å². The van der Waals surface area contributed by atoms with Crippen LogP contribution in [-0.4, -0.2) is 49.0 Å². The Morgan fingerprint density at radius 3 is 2.33 bits per heavy atom. The summed E-state index contributed by atoms with van der Waals surface area (Å²) in [4.78, 5) is 2.15. The summed E-state index contributed by atoms with van der Waals surface area (Å²) in [5.41, 5.74) is 4.29. The molecule has 0 aliphatic carbocycles. The van der Waals surface area contributed by atoms with Gasteiger partial charge in [-0.3, -0.25) is 0 Å². The summed E-state index contributed by atoms with van der Waals surface area (Å²) in [5, 5.41) is 4.69. The van der Waals surface area contributed by atoms with Gasteiger partial charge in [-0.1, -0.05) is 29.8 Å². The van der Waals surface area contributed by atoms with E-state index in [1.54, 1.807) is 7.11 Å². The van der Waals surface area contributed by atoms with Gasteiger partial charge in [-0.2, -0.15) is 0 Å². The van der Waals surface area contributed by atoms with Gasteiger partial charge in [0.25, 0.3) is 0 Å². The maximum atomic E-state index is 6.04. The lowest BCUT2D eigenvalue weighted by Gasteiger charge is -2.10. The van der Waals surface area contributed by atoms with Crippen molar-refractivity contribution in [3.63, 3.8) is 0 Å². The molecule has 3 aromatic rings. The number of hydrogen-bond donors (Lipinski definition) is 0. The molecule has 0 amide bonds. The number of methoxy groups -OCH3 is 1. The number of ether oxygens (including phenoxy) is 2. The molecule has 0 aliphatic rings. The number of hydrogen-bond acceptors (Lipinski definition) is 4. The highest BCUT2D eigenvalue weighted by Crippen LogP contribution is 2.30. The molecule has 1 heterocycles. The van der Waals surface area contributed by atoms with E-state index in [0.29, 0.717) is 12.5 Å². The molecule has 0 spiro atoms. The fourth-order valence-electron chi connectivity index (χ4n) is 2.81. The second kappa shape index (κ2) is 8.73. The topological polar surface area (TPSA) is 39.5 Å². The van der Waals surface area contributed by atoms with Crippen LogP contribution in [0.25, 0.3) is 16.8 Å². The van der Waals surface area contributed by atoms with Gasteiger partial charge in [0.1, 0.15) is 5.75 Å². The molecule has 1 aromatic heterocycles. The lowest BCUT2D eigenvalue weighted by Crippen LogP contribution is -2.15. The summed E-state index contributed by atoms with van der Waals surface area (Å²) >= 11 is 0. The summed E-state index contributed by atoms with van der Waals surface area (Å²) < 4.78 is 13.1. The minimum absolute atomic E-state index is 0.636. The Bertz CT molecular complexity index is 852.